The zero-order valence-electron chi connectivity index (χ0n) is 9.65. The van der Waals surface area contributed by atoms with Gasteiger partial charge in [-0.25, -0.2) is 0 Å². The molecule has 0 spiro atoms. The fourth-order valence-electron chi connectivity index (χ4n) is 2.02. The van der Waals surface area contributed by atoms with Gasteiger partial charge in [-0.3, -0.25) is 4.79 Å². The highest BCUT2D eigenvalue weighted by atomic mass is 19.3. The molecule has 0 saturated carbocycles. The number of oxime groups is 1. The van der Waals surface area contributed by atoms with E-state index in [0.29, 0.717) is 6.42 Å². The standard InChI is InChI=1S/C10H14F2N2O3/c1-6-3-10(2,17-13-6)8(15)14-4-7(5-14)16-9(11)12/h7,9H,3-5H2,1-2H3. The molecule has 1 unspecified atom stereocenters. The highest BCUT2D eigenvalue weighted by Crippen LogP contribution is 2.28. The van der Waals surface area contributed by atoms with Crippen molar-refractivity contribution in [2.24, 2.45) is 5.16 Å². The summed E-state index contributed by atoms with van der Waals surface area (Å²) in [5.74, 6) is -0.229. The maximum atomic E-state index is 12.0. The Kier molecular flexibility index (Phi) is 3.03. The van der Waals surface area contributed by atoms with E-state index in [1.54, 1.807) is 13.8 Å². The number of amides is 1. The molecule has 0 aliphatic carbocycles. The van der Waals surface area contributed by atoms with Crippen molar-refractivity contribution in [3.63, 3.8) is 0 Å². The molecule has 2 aliphatic rings. The van der Waals surface area contributed by atoms with Crippen LogP contribution in [0.4, 0.5) is 8.78 Å². The highest BCUT2D eigenvalue weighted by molar-refractivity contribution is 5.94. The largest absolute Gasteiger partial charge is 0.379 e. The molecule has 0 aromatic rings. The summed E-state index contributed by atoms with van der Waals surface area (Å²) in [5.41, 5.74) is -0.235. The number of likely N-dealkylation sites (tertiary alicyclic amines) is 1. The van der Waals surface area contributed by atoms with E-state index in [-0.39, 0.29) is 19.0 Å². The number of carbonyl (C=O) groups excluding carboxylic acids is 1. The SMILES string of the molecule is CC1=NOC(C)(C(=O)N2CC(OC(F)F)C2)C1. The van der Waals surface area contributed by atoms with Crippen LogP contribution in [0.15, 0.2) is 5.16 Å². The van der Waals surface area contributed by atoms with Crippen LogP contribution in [0.2, 0.25) is 0 Å². The summed E-state index contributed by atoms with van der Waals surface area (Å²) in [6, 6.07) is 0. The van der Waals surface area contributed by atoms with Crippen LogP contribution in [0.5, 0.6) is 0 Å². The van der Waals surface area contributed by atoms with E-state index in [9.17, 15) is 13.6 Å². The fourth-order valence-corrected chi connectivity index (χ4v) is 2.02. The Morgan fingerprint density at radius 3 is 2.76 bits per heavy atom. The van der Waals surface area contributed by atoms with Crippen molar-refractivity contribution in [1.29, 1.82) is 0 Å². The van der Waals surface area contributed by atoms with Crippen LogP contribution >= 0.6 is 0 Å². The van der Waals surface area contributed by atoms with Gasteiger partial charge in [0, 0.05) is 19.5 Å². The lowest BCUT2D eigenvalue weighted by Gasteiger charge is -2.41. The quantitative estimate of drug-likeness (QED) is 0.748. The number of hydrogen-bond donors (Lipinski definition) is 0. The number of nitrogens with zero attached hydrogens (tertiary/aromatic N) is 2. The van der Waals surface area contributed by atoms with E-state index in [4.69, 9.17) is 4.84 Å². The van der Waals surface area contributed by atoms with Gasteiger partial charge >= 0.3 is 6.61 Å². The van der Waals surface area contributed by atoms with Crippen LogP contribution in [0.3, 0.4) is 0 Å². The second-order valence-corrected chi connectivity index (χ2v) is 4.55. The van der Waals surface area contributed by atoms with Crippen molar-refractivity contribution in [2.75, 3.05) is 13.1 Å². The Morgan fingerprint density at radius 2 is 2.29 bits per heavy atom. The molecule has 1 saturated heterocycles. The van der Waals surface area contributed by atoms with Crippen LogP contribution in [-0.4, -0.2) is 47.9 Å². The first-order valence-electron chi connectivity index (χ1n) is 5.35. The molecule has 0 aromatic heterocycles. The van der Waals surface area contributed by atoms with Gasteiger partial charge in [-0.15, -0.1) is 0 Å². The molecule has 7 heteroatoms. The Morgan fingerprint density at radius 1 is 1.65 bits per heavy atom. The minimum Gasteiger partial charge on any atom is -0.379 e. The lowest BCUT2D eigenvalue weighted by molar-refractivity contribution is -0.205. The van der Waals surface area contributed by atoms with Crippen LogP contribution in [0.1, 0.15) is 20.3 Å². The normalized spacial score (nSPS) is 29.0. The first-order chi connectivity index (χ1) is 7.90. The third-order valence-corrected chi connectivity index (χ3v) is 2.88. The van der Waals surface area contributed by atoms with Crippen molar-refractivity contribution >= 4 is 11.6 Å². The summed E-state index contributed by atoms with van der Waals surface area (Å²) in [6.45, 7) is 0.997. The van der Waals surface area contributed by atoms with Gasteiger partial charge in [0.25, 0.3) is 5.91 Å². The summed E-state index contributed by atoms with van der Waals surface area (Å²) in [4.78, 5) is 18.6. The average molecular weight is 248 g/mol. The third-order valence-electron chi connectivity index (χ3n) is 2.88. The number of carbonyl (C=O) groups is 1. The van der Waals surface area contributed by atoms with E-state index in [1.807, 2.05) is 0 Å². The lowest BCUT2D eigenvalue weighted by atomic mass is 9.96. The maximum Gasteiger partial charge on any atom is 0.345 e. The summed E-state index contributed by atoms with van der Waals surface area (Å²) in [5, 5.41) is 3.74. The van der Waals surface area contributed by atoms with Crippen LogP contribution in [-0.2, 0) is 14.4 Å². The average Bonchev–Trinajstić information content (AvgIpc) is 2.52. The third kappa shape index (κ3) is 2.38. The molecule has 0 aromatic carbocycles. The van der Waals surface area contributed by atoms with E-state index >= 15 is 0 Å². The molecule has 2 aliphatic heterocycles. The van der Waals surface area contributed by atoms with E-state index in [2.05, 4.69) is 9.89 Å². The molecule has 2 rings (SSSR count). The zero-order valence-corrected chi connectivity index (χ0v) is 9.65. The van der Waals surface area contributed by atoms with E-state index in [0.717, 1.165) is 5.71 Å². The molecule has 5 nitrogen and oxygen atoms in total. The van der Waals surface area contributed by atoms with Crippen LogP contribution in [0, 0.1) is 0 Å². The summed E-state index contributed by atoms with van der Waals surface area (Å²) < 4.78 is 28.1. The zero-order chi connectivity index (χ0) is 12.6. The molecule has 1 atom stereocenters. The molecule has 0 radical (unpaired) electrons. The predicted octanol–water partition coefficient (Wildman–Crippen LogP) is 0.991. The van der Waals surface area contributed by atoms with E-state index < -0.39 is 18.3 Å². The Bertz CT molecular complexity index is 355. The van der Waals surface area contributed by atoms with E-state index in [1.165, 1.54) is 4.90 Å². The fraction of sp³-hybridized carbons (Fsp3) is 0.800. The van der Waals surface area contributed by atoms with Gasteiger partial charge in [0.2, 0.25) is 5.60 Å². The van der Waals surface area contributed by atoms with Crippen molar-refractivity contribution in [3.05, 3.63) is 0 Å². The van der Waals surface area contributed by atoms with Crippen molar-refractivity contribution in [3.8, 4) is 0 Å². The topological polar surface area (TPSA) is 51.1 Å². The highest BCUT2D eigenvalue weighted by Gasteiger charge is 2.47. The van der Waals surface area contributed by atoms with Gasteiger partial charge in [0.15, 0.2) is 0 Å². The molecule has 96 valence electrons. The Balaban J connectivity index is 1.84. The molecule has 17 heavy (non-hydrogen) atoms. The van der Waals surface area contributed by atoms with Crippen molar-refractivity contribution in [1.82, 2.24) is 4.90 Å². The summed E-state index contributed by atoms with van der Waals surface area (Å²) >= 11 is 0. The number of halogens is 2. The summed E-state index contributed by atoms with van der Waals surface area (Å²) in [7, 11) is 0. The van der Waals surface area contributed by atoms with Crippen molar-refractivity contribution in [2.45, 2.75) is 38.6 Å². The first-order valence-corrected chi connectivity index (χ1v) is 5.35. The molecule has 2 heterocycles. The smallest absolute Gasteiger partial charge is 0.345 e. The van der Waals surface area contributed by atoms with Gasteiger partial charge in [-0.05, 0) is 13.8 Å². The van der Waals surface area contributed by atoms with Gasteiger partial charge in [-0.1, -0.05) is 5.16 Å². The number of ether oxygens (including phenoxy) is 1. The van der Waals surface area contributed by atoms with Gasteiger partial charge in [0.05, 0.1) is 11.8 Å². The van der Waals surface area contributed by atoms with Gasteiger partial charge in [-0.2, -0.15) is 8.78 Å². The maximum absolute atomic E-state index is 12.0. The first kappa shape index (κ1) is 12.2. The second kappa shape index (κ2) is 4.21. The minimum absolute atomic E-state index is 0.182. The number of rotatable bonds is 3. The van der Waals surface area contributed by atoms with Crippen molar-refractivity contribution < 1.29 is 23.1 Å². The van der Waals surface area contributed by atoms with Gasteiger partial charge < -0.3 is 14.5 Å². The Labute approximate surface area is 97.3 Å². The molecular formula is C10H14F2N2O3. The monoisotopic (exact) mass is 248 g/mol. The molecule has 0 bridgehead atoms. The van der Waals surface area contributed by atoms with Gasteiger partial charge in [0.1, 0.15) is 0 Å². The molecule has 0 N–H and O–H groups in total. The molecular weight excluding hydrogens is 234 g/mol. The second-order valence-electron chi connectivity index (χ2n) is 4.55. The molecule has 1 amide bonds. The lowest BCUT2D eigenvalue weighted by Crippen LogP contribution is -2.60. The number of alkyl halides is 2. The molecule has 1 fully saturated rings. The Hall–Kier alpha value is -1.24. The van der Waals surface area contributed by atoms with Crippen LogP contribution < -0.4 is 0 Å². The predicted molar refractivity (Wildman–Crippen MR) is 54.7 cm³/mol. The summed E-state index contributed by atoms with van der Waals surface area (Å²) in [6.07, 6.45) is -0.145. The number of hydrogen-bond acceptors (Lipinski definition) is 4. The minimum atomic E-state index is -2.79. The van der Waals surface area contributed by atoms with Crippen LogP contribution in [0.25, 0.3) is 0 Å².